The number of carboxylic acids is 1. The summed E-state index contributed by atoms with van der Waals surface area (Å²) < 4.78 is 29.3. The van der Waals surface area contributed by atoms with Gasteiger partial charge in [-0.3, -0.25) is 57.5 Å². The molecule has 3 aliphatic heterocycles. The van der Waals surface area contributed by atoms with E-state index in [4.69, 9.17) is 41.6 Å². The number of likely N-dealkylation sites (tertiary alicyclic amines) is 1. The monoisotopic (exact) mass is 1670 g/mol. The molecule has 4 aliphatic rings. The molecule has 37 heteroatoms. The summed E-state index contributed by atoms with van der Waals surface area (Å²) in [5, 5.41) is 62.0. The van der Waals surface area contributed by atoms with Crippen LogP contribution in [0.25, 0.3) is 11.1 Å². The second-order valence-electron chi connectivity index (χ2n) is 29.4. The van der Waals surface area contributed by atoms with E-state index in [1.54, 1.807) is 80.6 Å². The number of carboxylic acid groups (broad SMARTS) is 1. The van der Waals surface area contributed by atoms with Crippen molar-refractivity contribution in [2.45, 2.75) is 140 Å². The molecule has 12 amide bonds. The molecule has 0 saturated carbocycles. The lowest BCUT2D eigenvalue weighted by molar-refractivity contribution is -0.143. The van der Waals surface area contributed by atoms with Gasteiger partial charge >= 0.3 is 18.0 Å². The van der Waals surface area contributed by atoms with Crippen molar-refractivity contribution in [1.29, 1.82) is 0 Å². The maximum atomic E-state index is 14.4. The Morgan fingerprint density at radius 3 is 1.88 bits per heavy atom. The molecule has 10 rings (SSSR count). The van der Waals surface area contributed by atoms with E-state index in [-0.39, 0.29) is 129 Å². The number of urea groups is 1. The zero-order valence-corrected chi connectivity index (χ0v) is 67.5. The zero-order chi connectivity index (χ0) is 86.6. The molecule has 6 atom stereocenters. The largest absolute Gasteiger partial charge is 0.508 e. The fourth-order valence-corrected chi connectivity index (χ4v) is 15.1. The molecule has 0 unspecified atom stereocenters. The number of fused-ring (bicyclic) bond motifs is 9. The molecule has 6 aromatic carbocycles. The van der Waals surface area contributed by atoms with E-state index in [2.05, 4.69) is 63.8 Å². The Balaban J connectivity index is 0.726. The van der Waals surface area contributed by atoms with E-state index in [9.17, 15) is 82.4 Å². The Labute approximate surface area is 694 Å². The summed E-state index contributed by atoms with van der Waals surface area (Å²) in [4.78, 5) is 190. The Morgan fingerprint density at radius 1 is 0.625 bits per heavy atom. The van der Waals surface area contributed by atoms with Gasteiger partial charge in [-0.25, -0.2) is 9.59 Å². The number of aromatic hydroxyl groups is 2. The van der Waals surface area contributed by atoms with Crippen LogP contribution in [0.15, 0.2) is 114 Å². The van der Waals surface area contributed by atoms with Crippen LogP contribution >= 0.6 is 12.2 Å². The number of esters is 1. The van der Waals surface area contributed by atoms with Crippen LogP contribution in [0.2, 0.25) is 0 Å². The molecule has 6 aromatic rings. The highest BCUT2D eigenvalue weighted by Gasteiger charge is 2.54. The third-order valence-electron chi connectivity index (χ3n) is 20.4. The number of amides is 12. The number of hydrogen-bond acceptors (Lipinski definition) is 22. The number of methoxy groups -OCH3 is 3. The van der Waals surface area contributed by atoms with Crippen molar-refractivity contribution in [1.82, 2.24) is 58.1 Å². The highest BCUT2D eigenvalue weighted by atomic mass is 32.1. The first-order chi connectivity index (χ1) is 57.4. The topological polar surface area (TPSA) is 519 Å². The molecule has 17 N–H and O–H groups in total. The summed E-state index contributed by atoms with van der Waals surface area (Å²) in [6, 6.07) is 20.3. The lowest BCUT2D eigenvalue weighted by atomic mass is 9.77. The average Bonchev–Trinajstić information content (AvgIpc) is 1.47. The third-order valence-corrected chi connectivity index (χ3v) is 20.7. The lowest BCUT2D eigenvalue weighted by Gasteiger charge is -2.36. The zero-order valence-electron chi connectivity index (χ0n) is 66.7. The van der Waals surface area contributed by atoms with Crippen LogP contribution in [-0.4, -0.2) is 193 Å². The first-order valence-electron chi connectivity index (χ1n) is 38.8. The molecule has 1 aliphatic carbocycles. The number of thiocarbonyl (C=S) groups is 1. The van der Waals surface area contributed by atoms with Crippen LogP contribution < -0.4 is 93.9 Å². The fraction of sp³-hybridized carbons (Fsp3) is 0.386. The number of aliphatic carboxylic acids is 1. The SMILES string of the molecule is COc1cc2c(c(OC)c1OC)-c1ccc(NC(=O)CNC(=O)[C@H](CC(C)C)NC(=O)CNC(=O)[C@H](CCc3ccccc3)NC(=O)CNC(=O)[C@H](CCCNC(N)=O)NC(=O)[C@@H]3CCCN3C(=O)[C@H](CCC(=O)O)NC(=O)CCNC(=S)Nc3ccc4c(c3)C(=O)OC43c4ccc(O)cc4Oc4cc(O)ccc43)c(=O)cc1[C@@H](NC(C)=O)CC2. The first-order valence-corrected chi connectivity index (χ1v) is 39.3. The summed E-state index contributed by atoms with van der Waals surface area (Å²) in [5.41, 5.74) is 7.84. The van der Waals surface area contributed by atoms with Crippen molar-refractivity contribution in [3.63, 3.8) is 0 Å². The van der Waals surface area contributed by atoms with Crippen molar-refractivity contribution in [2.24, 2.45) is 11.7 Å². The van der Waals surface area contributed by atoms with E-state index in [0.29, 0.717) is 69.2 Å². The van der Waals surface area contributed by atoms with Crippen LogP contribution in [0.1, 0.15) is 135 Å². The Morgan fingerprint density at radius 2 is 1.25 bits per heavy atom. The Bertz CT molecular complexity index is 4980. The highest BCUT2D eigenvalue weighted by molar-refractivity contribution is 7.80. The van der Waals surface area contributed by atoms with Crippen LogP contribution in [0, 0.1) is 5.92 Å². The number of phenols is 2. The van der Waals surface area contributed by atoms with Gasteiger partial charge in [-0.1, -0.05) is 56.3 Å². The number of aryl methyl sites for hydroxylation is 2. The fourth-order valence-electron chi connectivity index (χ4n) is 14.9. The number of phenolic OH excluding ortho intramolecular Hbond substituents is 2. The van der Waals surface area contributed by atoms with Crippen molar-refractivity contribution in [3.8, 4) is 51.4 Å². The van der Waals surface area contributed by atoms with E-state index in [0.717, 1.165) is 11.1 Å². The normalized spacial score (nSPS) is 15.3. The van der Waals surface area contributed by atoms with Gasteiger partial charge in [0.15, 0.2) is 22.2 Å². The number of carbonyl (C=O) groups excluding carboxylic acids is 12. The van der Waals surface area contributed by atoms with Gasteiger partial charge in [0.1, 0.15) is 53.2 Å². The first kappa shape index (κ1) is 88.7. The van der Waals surface area contributed by atoms with Crippen LogP contribution in [0.3, 0.4) is 0 Å². The van der Waals surface area contributed by atoms with Crippen molar-refractivity contribution >= 4 is 106 Å². The number of nitrogens with zero attached hydrogens (tertiary/aromatic N) is 1. The predicted octanol–water partition coefficient (Wildman–Crippen LogP) is 3.43. The molecule has 0 bridgehead atoms. The third kappa shape index (κ3) is 22.2. The molecule has 0 radical (unpaired) electrons. The number of benzene rings is 5. The van der Waals surface area contributed by atoms with Crippen LogP contribution in [-0.2, 0) is 75.9 Å². The number of ether oxygens (including phenoxy) is 5. The van der Waals surface area contributed by atoms with Crippen molar-refractivity contribution in [2.75, 3.05) is 71.2 Å². The lowest BCUT2D eigenvalue weighted by Crippen LogP contribution is -2.57. The molecule has 0 aromatic heterocycles. The van der Waals surface area contributed by atoms with Gasteiger partial charge in [-0.05, 0) is 159 Å². The quantitative estimate of drug-likeness (QED) is 0.0152. The highest BCUT2D eigenvalue weighted by Crippen LogP contribution is 2.57. The molecule has 1 fully saturated rings. The van der Waals surface area contributed by atoms with E-state index < -0.39 is 144 Å². The van der Waals surface area contributed by atoms with Crippen molar-refractivity contribution < 1.29 is 101 Å². The number of rotatable bonds is 36. The van der Waals surface area contributed by atoms with Gasteiger partial charge in [0.05, 0.1) is 58.3 Å². The number of nitrogens with one attached hydrogen (secondary N) is 12. The number of nitrogens with two attached hydrogens (primary N) is 1. The minimum Gasteiger partial charge on any atom is -0.508 e. The van der Waals surface area contributed by atoms with E-state index in [1.165, 1.54) is 75.6 Å². The second-order valence-corrected chi connectivity index (χ2v) is 29.8. The molecule has 1 saturated heterocycles. The van der Waals surface area contributed by atoms with Crippen molar-refractivity contribution in [3.05, 3.63) is 158 Å². The smallest absolute Gasteiger partial charge is 0.340 e. The van der Waals surface area contributed by atoms with Crippen LogP contribution in [0.4, 0.5) is 16.2 Å². The van der Waals surface area contributed by atoms with Gasteiger partial charge in [0.25, 0.3) is 0 Å². The summed E-state index contributed by atoms with van der Waals surface area (Å²) in [6.07, 6.45) is 0.104. The standard InChI is InChI=1S/C83H96N14O22S/c1-43(2)34-61(77(110)89-40-68(103)92-57-27-21-50-51(39-63(57)101)56(90-44(3)98)26-17-46-35-66(115-4)73(116-5)74(117-6)72(46)50)95-70(105)42-88-76(109)59(25-16-45-12-8-7-9-13-45)93-69(104)41-87-75(108)58(14-10-31-85-81(84)114)96-78(111)62-15-11-33-97(62)79(112)60(28-29-71(106)107)94-67(102)30-32-86-82(120)91-47-18-22-53-52(36-47)80(113)119-83(53)54-23-19-48(99)37-64(54)118-65-38-49(100)20-24-55(65)83/h7-9,12-13,18-24,27,35-39,43,56,58-62,99-100H,10-11,14-17,25-26,28-34,40-42H2,1-6H3,(H,87,108)(H,88,109)(H,89,110)(H,90,98)(H,93,104)(H,94,102)(H,95,105)(H,96,111)(H,106,107)(H3,84,85,114)(H2,86,91,120)(H,92,101,103)/t56-,58-,59-,60-,61-,62-/m0/s1. The van der Waals surface area contributed by atoms with Crippen LogP contribution in [0.5, 0.6) is 40.2 Å². The number of hydrogen-bond donors (Lipinski definition) is 16. The van der Waals surface area contributed by atoms with Gasteiger partial charge in [0, 0.05) is 79.5 Å². The summed E-state index contributed by atoms with van der Waals surface area (Å²) in [5.74, 6) is -8.70. The second kappa shape index (κ2) is 40.5. The molecule has 1 spiro atoms. The molecule has 3 heterocycles. The maximum absolute atomic E-state index is 14.4. The minimum atomic E-state index is -1.52. The number of anilines is 2. The summed E-state index contributed by atoms with van der Waals surface area (Å²) in [7, 11) is 4.39. The van der Waals surface area contributed by atoms with Gasteiger partial charge in [-0.2, -0.15) is 0 Å². The van der Waals surface area contributed by atoms with E-state index in [1.807, 2.05) is 0 Å². The molecule has 636 valence electrons. The number of carbonyl (C=O) groups is 13. The number of primary amides is 1. The maximum Gasteiger partial charge on any atom is 0.340 e. The summed E-state index contributed by atoms with van der Waals surface area (Å²) >= 11 is 5.53. The Kier molecular flexibility index (Phi) is 30.0. The molecular formula is C83H96N14O22S. The molecule has 36 nitrogen and oxygen atoms in total. The summed E-state index contributed by atoms with van der Waals surface area (Å²) in [6.45, 7) is 2.63. The average molecular weight is 1670 g/mol. The molecule has 120 heavy (non-hydrogen) atoms. The minimum absolute atomic E-state index is 0.0105. The molecular weight excluding hydrogens is 1580 g/mol. The van der Waals surface area contributed by atoms with E-state index >= 15 is 0 Å². The Hall–Kier alpha value is -13.6. The van der Waals surface area contributed by atoms with Gasteiger partial charge in [0.2, 0.25) is 70.3 Å². The predicted molar refractivity (Wildman–Crippen MR) is 438 cm³/mol. The van der Waals surface area contributed by atoms with Gasteiger partial charge in [-0.15, -0.1) is 0 Å². The van der Waals surface area contributed by atoms with Gasteiger partial charge < -0.3 is 113 Å².